The van der Waals surface area contributed by atoms with Crippen molar-refractivity contribution >= 4 is 65.6 Å². The Bertz CT molecular complexity index is 4080. The third-order valence-electron chi connectivity index (χ3n) is 12.6. The Labute approximate surface area is 372 Å². The van der Waals surface area contributed by atoms with Crippen molar-refractivity contribution in [3.8, 4) is 62.7 Å². The van der Waals surface area contributed by atoms with E-state index in [1.54, 1.807) is 6.07 Å². The van der Waals surface area contributed by atoms with E-state index in [0.717, 1.165) is 99.1 Å². The van der Waals surface area contributed by atoms with Crippen molar-refractivity contribution in [3.05, 3.63) is 212 Å². The van der Waals surface area contributed by atoms with E-state index in [1.165, 1.54) is 0 Å². The fraction of sp³-hybridized carbons (Fsp3) is 0. The molecule has 0 saturated heterocycles. The number of benzene rings is 9. The van der Waals surface area contributed by atoms with Gasteiger partial charge in [-0.3, -0.25) is 4.57 Å². The molecule has 13 aromatic rings. The first-order chi connectivity index (χ1) is 32.2. The molecule has 0 aliphatic heterocycles. The number of nitriles is 1. The van der Waals surface area contributed by atoms with Crippen LogP contribution in [0.1, 0.15) is 5.56 Å². The number of fused-ring (bicyclic) bond motifs is 10. The predicted octanol–water partition coefficient (Wildman–Crippen LogP) is 14.5. The van der Waals surface area contributed by atoms with Crippen LogP contribution < -0.4 is 0 Å². The summed E-state index contributed by atoms with van der Waals surface area (Å²) in [6.07, 6.45) is 0. The van der Waals surface area contributed by atoms with Crippen molar-refractivity contribution in [2.24, 2.45) is 0 Å². The van der Waals surface area contributed by atoms with Gasteiger partial charge in [-0.15, -0.1) is 0 Å². The first-order valence-corrected chi connectivity index (χ1v) is 21.6. The number of aromatic nitrogens is 5. The zero-order chi connectivity index (χ0) is 43.0. The average Bonchev–Trinajstić information content (AvgIpc) is 4.05. The number of para-hydroxylation sites is 3. The number of furan rings is 1. The van der Waals surface area contributed by atoms with Gasteiger partial charge in [0.2, 0.25) is 5.95 Å². The van der Waals surface area contributed by atoms with E-state index >= 15 is 0 Å². The number of rotatable bonds is 6. The Kier molecular flexibility index (Phi) is 8.14. The summed E-state index contributed by atoms with van der Waals surface area (Å²) in [5, 5.41) is 16.3. The van der Waals surface area contributed by atoms with Crippen LogP contribution in [-0.4, -0.2) is 24.1 Å². The van der Waals surface area contributed by atoms with Crippen LogP contribution in [0.4, 0.5) is 0 Å². The van der Waals surface area contributed by atoms with Crippen LogP contribution in [0.25, 0.3) is 122 Å². The van der Waals surface area contributed by atoms with Crippen LogP contribution >= 0.6 is 0 Å². The second kappa shape index (κ2) is 14.5. The molecule has 0 radical (unpaired) electrons. The van der Waals surface area contributed by atoms with Crippen LogP contribution in [0.15, 0.2) is 211 Å². The van der Waals surface area contributed by atoms with Crippen molar-refractivity contribution in [1.29, 1.82) is 5.26 Å². The van der Waals surface area contributed by atoms with E-state index < -0.39 is 0 Å². The lowest BCUT2D eigenvalue weighted by Crippen LogP contribution is -2.07. The lowest BCUT2D eigenvalue weighted by Gasteiger charge is -2.16. The summed E-state index contributed by atoms with van der Waals surface area (Å²) in [6.45, 7) is 0. The van der Waals surface area contributed by atoms with Crippen LogP contribution in [0, 0.1) is 11.3 Å². The summed E-state index contributed by atoms with van der Waals surface area (Å²) in [6, 6.07) is 73.2. The standard InChI is InChI=1S/C58H34N6O/c59-35-36-16-13-21-39(34-36)56-60-57(46-26-15-31-51-53(46)52-41(25-14-30-50(52)65-51)38-19-5-2-6-20-38)62-58(61-56)64-49-29-12-9-24-43(49)45-33-32-44-42-23-8-11-28-48(42)63(54(44)55(45)64)47-27-10-7-22-40(47)37-17-3-1-4-18-37/h1-34H. The molecule has 0 aliphatic rings. The van der Waals surface area contributed by atoms with Gasteiger partial charge in [-0.1, -0.05) is 164 Å². The highest BCUT2D eigenvalue weighted by molar-refractivity contribution is 6.24. The van der Waals surface area contributed by atoms with Gasteiger partial charge in [0.1, 0.15) is 11.2 Å². The molecule has 13 rings (SSSR count). The summed E-state index contributed by atoms with van der Waals surface area (Å²) < 4.78 is 11.2. The Balaban J connectivity index is 1.17. The molecule has 9 aromatic carbocycles. The zero-order valence-corrected chi connectivity index (χ0v) is 34.7. The van der Waals surface area contributed by atoms with Crippen LogP contribution in [-0.2, 0) is 0 Å². The first-order valence-electron chi connectivity index (χ1n) is 21.6. The molecule has 7 nitrogen and oxygen atoms in total. The molecular weight excluding hydrogens is 797 g/mol. The zero-order valence-electron chi connectivity index (χ0n) is 34.7. The molecule has 0 amide bonds. The molecule has 0 bridgehead atoms. The van der Waals surface area contributed by atoms with E-state index in [2.05, 4.69) is 167 Å². The fourth-order valence-corrected chi connectivity index (χ4v) is 9.84. The van der Waals surface area contributed by atoms with Gasteiger partial charge in [-0.2, -0.15) is 15.2 Å². The summed E-state index contributed by atoms with van der Waals surface area (Å²) in [4.78, 5) is 16.1. The Hall–Kier alpha value is -9.12. The summed E-state index contributed by atoms with van der Waals surface area (Å²) >= 11 is 0. The van der Waals surface area contributed by atoms with Gasteiger partial charge in [-0.05, 0) is 59.2 Å². The van der Waals surface area contributed by atoms with Crippen molar-refractivity contribution in [2.75, 3.05) is 0 Å². The Morgan fingerprint density at radius 3 is 1.63 bits per heavy atom. The first kappa shape index (κ1) is 36.5. The van der Waals surface area contributed by atoms with E-state index in [4.69, 9.17) is 19.4 Å². The van der Waals surface area contributed by atoms with Crippen molar-refractivity contribution in [1.82, 2.24) is 24.1 Å². The van der Waals surface area contributed by atoms with E-state index in [0.29, 0.717) is 28.7 Å². The normalized spacial score (nSPS) is 11.7. The molecule has 0 aliphatic carbocycles. The Morgan fingerprint density at radius 1 is 0.400 bits per heavy atom. The smallest absolute Gasteiger partial charge is 0.238 e. The lowest BCUT2D eigenvalue weighted by atomic mass is 9.97. The third-order valence-corrected chi connectivity index (χ3v) is 12.6. The number of nitrogens with zero attached hydrogens (tertiary/aromatic N) is 6. The van der Waals surface area contributed by atoms with E-state index in [9.17, 15) is 5.26 Å². The molecule has 4 heterocycles. The summed E-state index contributed by atoms with van der Waals surface area (Å²) in [5.41, 5.74) is 13.0. The molecule has 65 heavy (non-hydrogen) atoms. The maximum absolute atomic E-state index is 10.1. The molecule has 0 spiro atoms. The van der Waals surface area contributed by atoms with Gasteiger partial charge >= 0.3 is 0 Å². The van der Waals surface area contributed by atoms with Gasteiger partial charge in [0.25, 0.3) is 0 Å². The molecule has 302 valence electrons. The number of hydrogen-bond acceptors (Lipinski definition) is 5. The van der Waals surface area contributed by atoms with Gasteiger partial charge < -0.3 is 8.98 Å². The van der Waals surface area contributed by atoms with E-state index in [1.807, 2.05) is 48.5 Å². The summed E-state index contributed by atoms with van der Waals surface area (Å²) in [7, 11) is 0. The third kappa shape index (κ3) is 5.64. The number of hydrogen-bond donors (Lipinski definition) is 0. The Morgan fingerprint density at radius 2 is 0.923 bits per heavy atom. The highest BCUT2D eigenvalue weighted by atomic mass is 16.3. The fourth-order valence-electron chi connectivity index (χ4n) is 9.84. The second-order valence-corrected chi connectivity index (χ2v) is 16.2. The monoisotopic (exact) mass is 830 g/mol. The molecular formula is C58H34N6O. The van der Waals surface area contributed by atoms with Crippen molar-refractivity contribution < 1.29 is 4.42 Å². The minimum Gasteiger partial charge on any atom is -0.456 e. The van der Waals surface area contributed by atoms with Crippen LogP contribution in [0.3, 0.4) is 0 Å². The largest absolute Gasteiger partial charge is 0.456 e. The van der Waals surface area contributed by atoms with Crippen LogP contribution in [0.5, 0.6) is 0 Å². The minimum atomic E-state index is 0.447. The molecule has 0 fully saturated rings. The van der Waals surface area contributed by atoms with Crippen molar-refractivity contribution in [2.45, 2.75) is 0 Å². The van der Waals surface area contributed by atoms with Gasteiger partial charge in [-0.25, -0.2) is 4.98 Å². The van der Waals surface area contributed by atoms with Gasteiger partial charge in [0, 0.05) is 49.0 Å². The van der Waals surface area contributed by atoms with Crippen LogP contribution in [0.2, 0.25) is 0 Å². The molecule has 4 aromatic heterocycles. The highest BCUT2D eigenvalue weighted by Crippen LogP contribution is 2.44. The SMILES string of the molecule is N#Cc1cccc(-c2nc(-c3cccc4oc5cccc(-c6ccccc6)c5c34)nc(-n3c4ccccc4c4ccc5c6ccccc6n(-c6ccccc6-c6ccccc6)c5c43)n2)c1. The molecule has 0 saturated carbocycles. The lowest BCUT2D eigenvalue weighted by molar-refractivity contribution is 0.669. The second-order valence-electron chi connectivity index (χ2n) is 16.2. The molecule has 0 N–H and O–H groups in total. The van der Waals surface area contributed by atoms with Gasteiger partial charge in [0.15, 0.2) is 11.6 Å². The topological polar surface area (TPSA) is 85.5 Å². The molecule has 7 heteroatoms. The minimum absolute atomic E-state index is 0.447. The predicted molar refractivity (Wildman–Crippen MR) is 262 cm³/mol. The van der Waals surface area contributed by atoms with Gasteiger partial charge in [0.05, 0.1) is 39.4 Å². The maximum Gasteiger partial charge on any atom is 0.238 e. The molecule has 0 atom stereocenters. The average molecular weight is 831 g/mol. The quantitative estimate of drug-likeness (QED) is 0.167. The van der Waals surface area contributed by atoms with E-state index in [-0.39, 0.29) is 0 Å². The summed E-state index contributed by atoms with van der Waals surface area (Å²) in [5.74, 6) is 1.38. The maximum atomic E-state index is 10.1. The molecule has 0 unspecified atom stereocenters. The highest BCUT2D eigenvalue weighted by Gasteiger charge is 2.26. The van der Waals surface area contributed by atoms with Crippen molar-refractivity contribution in [3.63, 3.8) is 0 Å².